The van der Waals surface area contributed by atoms with Crippen LogP contribution in [0.15, 0.2) is 47.1 Å². The summed E-state index contributed by atoms with van der Waals surface area (Å²) in [5.41, 5.74) is 3.80. The molecule has 34 heavy (non-hydrogen) atoms. The summed E-state index contributed by atoms with van der Waals surface area (Å²) in [6, 6.07) is 7.20. The Hall–Kier alpha value is -1.96. The third-order valence-corrected chi connectivity index (χ3v) is 7.60. The van der Waals surface area contributed by atoms with E-state index in [1.54, 1.807) is 19.1 Å². The molecular formula is C32H48O2. The van der Waals surface area contributed by atoms with Gasteiger partial charge in [0.05, 0.1) is 0 Å². The minimum atomic E-state index is -0.000265. The molecule has 0 radical (unpaired) electrons. The standard InChI is InChI=1S/C32H48O2/c1-7-27(18-12-17-25(5)16-11-15-24(4)14-10-13-23(2)3)21-22-28-26(6)31(33)29-19-8-9-20-30(29)32(28)34/h8-9,19-21,23-25H,7,10-18,22H2,1-6H3. The third kappa shape index (κ3) is 8.67. The SMILES string of the molecule is CCC(=CCC1=C(C)C(=O)c2ccccc2C1=O)CCCC(C)CCCC(C)CCCC(C)C. The van der Waals surface area contributed by atoms with Crippen LogP contribution in [0.25, 0.3) is 0 Å². The van der Waals surface area contributed by atoms with E-state index in [0.29, 0.717) is 28.7 Å². The first-order valence-corrected chi connectivity index (χ1v) is 13.8. The van der Waals surface area contributed by atoms with E-state index in [-0.39, 0.29) is 11.6 Å². The van der Waals surface area contributed by atoms with E-state index in [0.717, 1.165) is 30.6 Å². The lowest BCUT2D eigenvalue weighted by Crippen LogP contribution is -2.20. The lowest BCUT2D eigenvalue weighted by atomic mass is 9.83. The van der Waals surface area contributed by atoms with Gasteiger partial charge >= 0.3 is 0 Å². The number of allylic oxidation sites excluding steroid dienone is 4. The van der Waals surface area contributed by atoms with Crippen molar-refractivity contribution in [3.8, 4) is 0 Å². The first kappa shape index (κ1) is 28.3. The number of carbonyl (C=O) groups is 2. The summed E-state index contributed by atoms with van der Waals surface area (Å²) in [5.74, 6) is 2.49. The molecule has 0 bridgehead atoms. The van der Waals surface area contributed by atoms with Crippen LogP contribution in [0.3, 0.4) is 0 Å². The molecule has 2 rings (SSSR count). The Kier molecular flexibility index (Phi) is 12.0. The summed E-state index contributed by atoms with van der Waals surface area (Å²) < 4.78 is 0. The highest BCUT2D eigenvalue weighted by molar-refractivity contribution is 6.26. The summed E-state index contributed by atoms with van der Waals surface area (Å²) in [6.45, 7) is 13.5. The van der Waals surface area contributed by atoms with Gasteiger partial charge < -0.3 is 0 Å². The zero-order chi connectivity index (χ0) is 25.1. The lowest BCUT2D eigenvalue weighted by molar-refractivity contribution is 0.0973. The second kappa shape index (κ2) is 14.4. The molecule has 0 aliphatic heterocycles. The number of hydrogen-bond donors (Lipinski definition) is 0. The van der Waals surface area contributed by atoms with Gasteiger partial charge in [0.1, 0.15) is 0 Å². The highest BCUT2D eigenvalue weighted by atomic mass is 16.1. The Morgan fingerprint density at radius 1 is 0.794 bits per heavy atom. The minimum absolute atomic E-state index is 0.000265. The highest BCUT2D eigenvalue weighted by Crippen LogP contribution is 2.29. The van der Waals surface area contributed by atoms with E-state index >= 15 is 0 Å². The van der Waals surface area contributed by atoms with Gasteiger partial charge in [-0.1, -0.05) is 115 Å². The molecule has 2 atom stereocenters. The zero-order valence-corrected chi connectivity index (χ0v) is 22.7. The quantitative estimate of drug-likeness (QED) is 0.242. The highest BCUT2D eigenvalue weighted by Gasteiger charge is 2.28. The molecule has 0 aromatic heterocycles. The van der Waals surface area contributed by atoms with Crippen molar-refractivity contribution in [1.82, 2.24) is 0 Å². The lowest BCUT2D eigenvalue weighted by Gasteiger charge is -2.18. The average Bonchev–Trinajstić information content (AvgIpc) is 2.81. The Bertz CT molecular complexity index is 871. The van der Waals surface area contributed by atoms with Crippen molar-refractivity contribution < 1.29 is 9.59 Å². The largest absolute Gasteiger partial charge is 0.289 e. The molecule has 2 nitrogen and oxygen atoms in total. The third-order valence-electron chi connectivity index (χ3n) is 7.60. The van der Waals surface area contributed by atoms with Crippen LogP contribution in [-0.4, -0.2) is 11.6 Å². The fraction of sp³-hybridized carbons (Fsp3) is 0.625. The monoisotopic (exact) mass is 464 g/mol. The maximum Gasteiger partial charge on any atom is 0.190 e. The number of benzene rings is 1. The van der Waals surface area contributed by atoms with Crippen molar-refractivity contribution in [3.63, 3.8) is 0 Å². The maximum absolute atomic E-state index is 13.0. The van der Waals surface area contributed by atoms with Crippen molar-refractivity contribution in [2.45, 2.75) is 112 Å². The van der Waals surface area contributed by atoms with Gasteiger partial charge in [0.2, 0.25) is 0 Å². The topological polar surface area (TPSA) is 34.1 Å². The van der Waals surface area contributed by atoms with Crippen molar-refractivity contribution >= 4 is 11.6 Å². The molecule has 0 saturated heterocycles. The van der Waals surface area contributed by atoms with E-state index in [1.807, 2.05) is 12.1 Å². The minimum Gasteiger partial charge on any atom is -0.289 e. The van der Waals surface area contributed by atoms with E-state index in [4.69, 9.17) is 0 Å². The molecule has 2 unspecified atom stereocenters. The number of rotatable bonds is 15. The second-order valence-electron chi connectivity index (χ2n) is 11.1. The molecule has 2 heteroatoms. The van der Waals surface area contributed by atoms with Crippen LogP contribution >= 0.6 is 0 Å². The fourth-order valence-electron chi connectivity index (χ4n) is 5.12. The number of ketones is 2. The Labute approximate surface area is 209 Å². The molecule has 1 aliphatic carbocycles. The first-order valence-electron chi connectivity index (χ1n) is 13.8. The molecule has 0 heterocycles. The van der Waals surface area contributed by atoms with Gasteiger partial charge in [0.25, 0.3) is 0 Å². The predicted octanol–water partition coefficient (Wildman–Crippen LogP) is 9.55. The van der Waals surface area contributed by atoms with Gasteiger partial charge in [-0.05, 0) is 50.4 Å². The van der Waals surface area contributed by atoms with Crippen LogP contribution in [0.4, 0.5) is 0 Å². The molecule has 1 aromatic carbocycles. The van der Waals surface area contributed by atoms with E-state index in [2.05, 4.69) is 40.7 Å². The van der Waals surface area contributed by atoms with Crippen LogP contribution in [0.5, 0.6) is 0 Å². The Morgan fingerprint density at radius 3 is 1.88 bits per heavy atom. The number of fused-ring (bicyclic) bond motifs is 1. The van der Waals surface area contributed by atoms with Gasteiger partial charge in [0.15, 0.2) is 11.6 Å². The number of hydrogen-bond acceptors (Lipinski definition) is 2. The molecular weight excluding hydrogens is 416 g/mol. The summed E-state index contributed by atoms with van der Waals surface area (Å²) >= 11 is 0. The van der Waals surface area contributed by atoms with Gasteiger partial charge in [-0.25, -0.2) is 0 Å². The van der Waals surface area contributed by atoms with Crippen molar-refractivity contribution in [2.24, 2.45) is 17.8 Å². The molecule has 0 fully saturated rings. The fourth-order valence-corrected chi connectivity index (χ4v) is 5.12. The molecule has 0 N–H and O–H groups in total. The van der Waals surface area contributed by atoms with E-state index < -0.39 is 0 Å². The van der Waals surface area contributed by atoms with Crippen LogP contribution in [0.1, 0.15) is 133 Å². The molecule has 188 valence electrons. The van der Waals surface area contributed by atoms with Crippen LogP contribution in [0, 0.1) is 17.8 Å². The van der Waals surface area contributed by atoms with Gasteiger partial charge in [-0.2, -0.15) is 0 Å². The molecule has 1 aliphatic rings. The molecule has 0 spiro atoms. The summed E-state index contributed by atoms with van der Waals surface area (Å²) in [6.07, 6.45) is 15.5. The van der Waals surface area contributed by atoms with Crippen LogP contribution < -0.4 is 0 Å². The summed E-state index contributed by atoms with van der Waals surface area (Å²) in [5, 5.41) is 0. The molecule has 0 saturated carbocycles. The summed E-state index contributed by atoms with van der Waals surface area (Å²) in [4.78, 5) is 25.7. The zero-order valence-electron chi connectivity index (χ0n) is 22.7. The van der Waals surface area contributed by atoms with Crippen LogP contribution in [-0.2, 0) is 0 Å². The average molecular weight is 465 g/mol. The van der Waals surface area contributed by atoms with Crippen LogP contribution in [0.2, 0.25) is 0 Å². The van der Waals surface area contributed by atoms with Gasteiger partial charge in [-0.3, -0.25) is 9.59 Å². The predicted molar refractivity (Wildman–Crippen MR) is 146 cm³/mol. The molecule has 0 amide bonds. The van der Waals surface area contributed by atoms with Crippen molar-refractivity contribution in [1.29, 1.82) is 0 Å². The summed E-state index contributed by atoms with van der Waals surface area (Å²) in [7, 11) is 0. The van der Waals surface area contributed by atoms with Crippen molar-refractivity contribution in [3.05, 3.63) is 58.2 Å². The maximum atomic E-state index is 13.0. The number of carbonyl (C=O) groups excluding carboxylic acids is 2. The first-order chi connectivity index (χ1) is 16.2. The van der Waals surface area contributed by atoms with E-state index in [9.17, 15) is 9.59 Å². The van der Waals surface area contributed by atoms with E-state index in [1.165, 1.54) is 56.9 Å². The molecule has 1 aromatic rings. The number of Topliss-reactive ketones (excluding diaryl/α,β-unsaturated/α-hetero) is 2. The smallest absolute Gasteiger partial charge is 0.190 e. The van der Waals surface area contributed by atoms with Gasteiger partial charge in [-0.15, -0.1) is 0 Å². The Balaban J connectivity index is 1.76. The normalized spacial score (nSPS) is 16.3. The Morgan fingerprint density at radius 2 is 1.32 bits per heavy atom. The second-order valence-corrected chi connectivity index (χ2v) is 11.1. The van der Waals surface area contributed by atoms with Crippen molar-refractivity contribution in [2.75, 3.05) is 0 Å². The van der Waals surface area contributed by atoms with Gasteiger partial charge in [0, 0.05) is 22.3 Å².